The Hall–Kier alpha value is -4.01. The molecule has 0 fully saturated rings. The summed E-state index contributed by atoms with van der Waals surface area (Å²) in [5.41, 5.74) is 13.0. The second kappa shape index (κ2) is 7.76. The molecule has 2 aromatic heterocycles. The Morgan fingerprint density at radius 2 is 1.09 bits per heavy atom. The number of aromatic nitrogens is 1. The largest absolute Gasteiger partial charge is 0.213 e. The maximum Gasteiger partial charge on any atom is 0.213 e. The van der Waals surface area contributed by atoms with E-state index in [0.29, 0.717) is 0 Å². The molecule has 0 saturated carbocycles. The van der Waals surface area contributed by atoms with Gasteiger partial charge in [-0.15, -0.1) is 11.3 Å². The Morgan fingerprint density at radius 3 is 1.74 bits per heavy atom. The van der Waals surface area contributed by atoms with Gasteiger partial charge in [0.1, 0.15) is 7.05 Å². The molecule has 0 radical (unpaired) electrons. The number of rotatable bonds is 1. The molecule has 4 aromatic carbocycles. The summed E-state index contributed by atoms with van der Waals surface area (Å²) in [7, 11) is 2.14. The van der Waals surface area contributed by atoms with Gasteiger partial charge in [0.05, 0.1) is 5.56 Å². The topological polar surface area (TPSA) is 3.88 Å². The predicted molar refractivity (Wildman–Crippen MR) is 148 cm³/mol. The van der Waals surface area contributed by atoms with E-state index in [1.165, 1.54) is 70.7 Å². The van der Waals surface area contributed by atoms with Crippen LogP contribution in [0.5, 0.6) is 0 Å². The van der Waals surface area contributed by atoms with E-state index in [1.54, 1.807) is 0 Å². The number of nitrogens with zero attached hydrogens (tertiary/aromatic N) is 1. The van der Waals surface area contributed by atoms with Crippen molar-refractivity contribution in [3.63, 3.8) is 0 Å². The molecule has 0 bridgehead atoms. The van der Waals surface area contributed by atoms with Gasteiger partial charge in [0.15, 0.2) is 6.20 Å². The van der Waals surface area contributed by atoms with Crippen LogP contribution in [0.15, 0.2) is 109 Å². The van der Waals surface area contributed by atoms with Crippen LogP contribution in [0.25, 0.3) is 65.2 Å². The molecule has 6 aromatic rings. The maximum atomic E-state index is 2.33. The molecule has 2 heterocycles. The van der Waals surface area contributed by atoms with Crippen molar-refractivity contribution in [1.82, 2.24) is 0 Å². The second-order valence-electron chi connectivity index (χ2n) is 9.27. The van der Waals surface area contributed by atoms with Gasteiger partial charge in [0.2, 0.25) is 5.69 Å². The zero-order valence-electron chi connectivity index (χ0n) is 19.7. The number of hydrogen-bond acceptors (Lipinski definition) is 1. The van der Waals surface area contributed by atoms with Crippen molar-refractivity contribution < 1.29 is 4.57 Å². The zero-order valence-corrected chi connectivity index (χ0v) is 20.6. The Balaban J connectivity index is 1.69. The van der Waals surface area contributed by atoms with Gasteiger partial charge in [-0.1, -0.05) is 84.9 Å². The number of benzene rings is 4. The third kappa shape index (κ3) is 2.97. The Morgan fingerprint density at radius 1 is 0.543 bits per heavy atom. The summed E-state index contributed by atoms with van der Waals surface area (Å²) in [6, 6.07) is 37.8. The highest BCUT2D eigenvalue weighted by atomic mass is 32.1. The summed E-state index contributed by atoms with van der Waals surface area (Å²) in [5, 5.41) is 1.33. The fourth-order valence-corrected chi connectivity index (χ4v) is 7.08. The first-order valence-corrected chi connectivity index (χ1v) is 12.8. The van der Waals surface area contributed by atoms with Crippen LogP contribution in [0.3, 0.4) is 0 Å². The molecule has 0 aliphatic heterocycles. The highest BCUT2D eigenvalue weighted by Crippen LogP contribution is 2.54. The Bertz CT molecular complexity index is 1770. The van der Waals surface area contributed by atoms with Crippen molar-refractivity contribution in [2.24, 2.45) is 7.05 Å². The highest BCUT2D eigenvalue weighted by Gasteiger charge is 2.27. The lowest BCUT2D eigenvalue weighted by molar-refractivity contribution is -0.660. The lowest BCUT2D eigenvalue weighted by atomic mass is 9.83. The molecule has 0 N–H and O–H groups in total. The molecule has 7 rings (SSSR count). The molecule has 2 heteroatoms. The molecular formula is C33H24NS+. The molecule has 1 aliphatic rings. The van der Waals surface area contributed by atoms with E-state index in [0.717, 1.165) is 0 Å². The van der Waals surface area contributed by atoms with Gasteiger partial charge in [0.25, 0.3) is 0 Å². The van der Waals surface area contributed by atoms with Crippen molar-refractivity contribution in [1.29, 1.82) is 0 Å². The minimum absolute atomic E-state index is 1.25. The van der Waals surface area contributed by atoms with Crippen LogP contribution in [-0.4, -0.2) is 0 Å². The SMILES string of the molecule is Cc1ccc2c3c(sc2c1-c1cccc[n+]1C)-c1ccccc1-c1ccccc1-c1ccccc1-3. The molecule has 0 spiro atoms. The number of pyridine rings is 1. The minimum atomic E-state index is 1.25. The minimum Gasteiger partial charge on any atom is -0.201 e. The lowest BCUT2D eigenvalue weighted by Gasteiger charge is -2.21. The second-order valence-corrected chi connectivity index (χ2v) is 10.3. The van der Waals surface area contributed by atoms with Gasteiger partial charge in [-0.05, 0) is 46.4 Å². The first-order chi connectivity index (χ1) is 17.2. The number of hydrogen-bond donors (Lipinski definition) is 0. The van der Waals surface area contributed by atoms with Gasteiger partial charge in [-0.25, -0.2) is 4.57 Å². The molecule has 0 amide bonds. The molecule has 0 saturated heterocycles. The van der Waals surface area contributed by atoms with Crippen molar-refractivity contribution in [2.45, 2.75) is 6.92 Å². The Kier molecular flexibility index (Phi) is 4.52. The van der Waals surface area contributed by atoms with Crippen LogP contribution in [0.2, 0.25) is 0 Å². The fraction of sp³-hybridized carbons (Fsp3) is 0.0606. The van der Waals surface area contributed by atoms with Crippen LogP contribution in [0.1, 0.15) is 5.56 Å². The van der Waals surface area contributed by atoms with Gasteiger partial charge >= 0.3 is 0 Å². The first kappa shape index (κ1) is 20.4. The molecular weight excluding hydrogens is 442 g/mol. The first-order valence-electron chi connectivity index (χ1n) is 12.0. The van der Waals surface area contributed by atoms with E-state index in [-0.39, 0.29) is 0 Å². The summed E-state index contributed by atoms with van der Waals surface area (Å²) in [6.45, 7) is 2.23. The maximum absolute atomic E-state index is 2.33. The molecule has 1 nitrogen and oxygen atoms in total. The molecule has 1 aliphatic carbocycles. The van der Waals surface area contributed by atoms with E-state index in [2.05, 4.69) is 128 Å². The highest BCUT2D eigenvalue weighted by molar-refractivity contribution is 7.23. The molecule has 166 valence electrons. The number of aryl methyl sites for hydroxylation is 2. The van der Waals surface area contributed by atoms with Crippen molar-refractivity contribution in [3.8, 4) is 55.1 Å². The normalized spacial score (nSPS) is 11.7. The van der Waals surface area contributed by atoms with E-state index in [4.69, 9.17) is 0 Å². The van der Waals surface area contributed by atoms with Gasteiger partial charge in [-0.3, -0.25) is 0 Å². The van der Waals surface area contributed by atoms with Gasteiger partial charge in [0, 0.05) is 38.2 Å². The number of thiophene rings is 1. The van der Waals surface area contributed by atoms with Gasteiger partial charge < -0.3 is 0 Å². The van der Waals surface area contributed by atoms with Crippen LogP contribution >= 0.6 is 11.3 Å². The lowest BCUT2D eigenvalue weighted by Crippen LogP contribution is -2.30. The van der Waals surface area contributed by atoms with Crippen molar-refractivity contribution in [2.75, 3.05) is 0 Å². The zero-order chi connectivity index (χ0) is 23.5. The van der Waals surface area contributed by atoms with Crippen LogP contribution < -0.4 is 4.57 Å². The van der Waals surface area contributed by atoms with Crippen LogP contribution in [-0.2, 0) is 7.05 Å². The quantitative estimate of drug-likeness (QED) is 0.213. The smallest absolute Gasteiger partial charge is 0.201 e. The monoisotopic (exact) mass is 466 g/mol. The number of fused-ring (bicyclic) bond motifs is 10. The van der Waals surface area contributed by atoms with Crippen molar-refractivity contribution in [3.05, 3.63) is 115 Å². The van der Waals surface area contributed by atoms with Gasteiger partial charge in [-0.2, -0.15) is 0 Å². The Labute approximate surface area is 209 Å². The summed E-state index contributed by atoms with van der Waals surface area (Å²) >= 11 is 1.93. The molecule has 0 atom stereocenters. The van der Waals surface area contributed by atoms with Crippen LogP contribution in [0, 0.1) is 6.92 Å². The van der Waals surface area contributed by atoms with Crippen LogP contribution in [0.4, 0.5) is 0 Å². The van der Waals surface area contributed by atoms with E-state index >= 15 is 0 Å². The van der Waals surface area contributed by atoms with E-state index < -0.39 is 0 Å². The predicted octanol–water partition coefficient (Wildman–Crippen LogP) is 8.68. The van der Waals surface area contributed by atoms with E-state index in [1.807, 2.05) is 11.3 Å². The van der Waals surface area contributed by atoms with Crippen molar-refractivity contribution >= 4 is 21.4 Å². The molecule has 0 unspecified atom stereocenters. The summed E-state index contributed by atoms with van der Waals surface area (Å²) in [4.78, 5) is 1.35. The third-order valence-corrected chi connectivity index (χ3v) is 8.51. The molecule has 35 heavy (non-hydrogen) atoms. The average molecular weight is 467 g/mol. The summed E-state index contributed by atoms with van der Waals surface area (Å²) in [6.07, 6.45) is 2.14. The fourth-order valence-electron chi connectivity index (χ4n) is 5.62. The standard InChI is InChI=1S/C33H24NS/c1-21-18-19-28-31-26-15-7-5-13-24(26)22-11-3-4-12-23(22)25-14-6-8-16-27(25)32(31)35-33(28)30(21)29-17-9-10-20-34(29)2/h3-20H,1-2H3/q+1. The third-order valence-electron chi connectivity index (χ3n) is 7.25. The average Bonchev–Trinajstić information content (AvgIpc) is 3.27. The van der Waals surface area contributed by atoms with E-state index in [9.17, 15) is 0 Å². The summed E-state index contributed by atoms with van der Waals surface area (Å²) < 4.78 is 3.59. The summed E-state index contributed by atoms with van der Waals surface area (Å²) in [5.74, 6) is 0.